The van der Waals surface area contributed by atoms with Crippen molar-refractivity contribution in [1.82, 2.24) is 0 Å². The summed E-state index contributed by atoms with van der Waals surface area (Å²) >= 11 is 0. The fourth-order valence-corrected chi connectivity index (χ4v) is 7.11. The zero-order valence-corrected chi connectivity index (χ0v) is 29.7. The maximum atomic E-state index is 11.1. The summed E-state index contributed by atoms with van der Waals surface area (Å²) in [6, 6.07) is 10.8. The van der Waals surface area contributed by atoms with E-state index >= 15 is 0 Å². The summed E-state index contributed by atoms with van der Waals surface area (Å²) in [4.78, 5) is 10.7. The minimum Gasteiger partial charge on any atom is -0.507 e. The summed E-state index contributed by atoms with van der Waals surface area (Å²) < 4.78 is 30.1. The van der Waals surface area contributed by atoms with Gasteiger partial charge in [0.05, 0.1) is 35.8 Å². The van der Waals surface area contributed by atoms with Crippen LogP contribution in [0.5, 0.6) is 51.7 Å². The highest BCUT2D eigenvalue weighted by Gasteiger charge is 2.45. The summed E-state index contributed by atoms with van der Waals surface area (Å²) in [6.07, 6.45) is -8.44. The molecule has 6 aromatic rings. The average Bonchev–Trinajstić information content (AvgIpc) is 3.18. The maximum Gasteiger partial charge on any atom is 0.347 e. The van der Waals surface area contributed by atoms with Gasteiger partial charge in [-0.25, -0.2) is 0 Å². The lowest BCUT2D eigenvalue weighted by atomic mass is 9.92. The molecule has 4 aromatic carbocycles. The molecule has 13 N–H and O–H groups in total. The first-order chi connectivity index (χ1) is 27.6. The van der Waals surface area contributed by atoms with E-state index in [1.165, 1.54) is 48.6 Å². The topological polar surface area (TPSA) is 318 Å². The van der Waals surface area contributed by atoms with Gasteiger partial charge in [0.1, 0.15) is 64.7 Å². The number of phenolic OH excluding ortho intramolecular Hbond substituents is 7. The molecule has 1 saturated heterocycles. The summed E-state index contributed by atoms with van der Waals surface area (Å²) in [6.45, 7) is -0.785. The molecule has 7 atom stereocenters. The van der Waals surface area contributed by atoms with Gasteiger partial charge >= 0.3 is 5.43 Å². The van der Waals surface area contributed by atoms with Crippen LogP contribution >= 0.6 is 0 Å². The summed E-state index contributed by atoms with van der Waals surface area (Å²) in [5, 5.41) is 126. The average molecular weight is 804 g/mol. The molecule has 18 heteroatoms. The van der Waals surface area contributed by atoms with Crippen LogP contribution in [0.4, 0.5) is 0 Å². The summed E-state index contributed by atoms with van der Waals surface area (Å²) in [7, 11) is 0. The first kappa shape index (κ1) is 38.2. The van der Waals surface area contributed by atoms with Crippen molar-refractivity contribution >= 4 is 34.1 Å². The Morgan fingerprint density at radius 2 is 1.43 bits per heavy atom. The molecule has 58 heavy (non-hydrogen) atoms. The van der Waals surface area contributed by atoms with E-state index in [1.54, 1.807) is 0 Å². The first-order valence-corrected chi connectivity index (χ1v) is 17.5. The van der Waals surface area contributed by atoms with E-state index in [1.807, 2.05) is 0 Å². The Morgan fingerprint density at radius 3 is 2.12 bits per heavy atom. The number of hydrogen-bond acceptors (Lipinski definition) is 17. The number of aromatic hydroxyl groups is 7. The Bertz CT molecular complexity index is 2650. The molecule has 18 nitrogen and oxygen atoms in total. The monoisotopic (exact) mass is 803 g/mol. The SMILES string of the molecule is OC[C@H]1O[C@@H](Oc2c(-c3cc(O)c(O)c(O)c3)oc3cc(=[OH+])cc4oc(/C=C/c5c(O)cc(O)c6c5OC(c5ccc(O)c(O)c5)C(O)C6)cc2c43)[C@H](O)[C@@H](O)[C@@H]1O. The highest BCUT2D eigenvalue weighted by Crippen LogP contribution is 2.49. The van der Waals surface area contributed by atoms with Crippen molar-refractivity contribution < 1.29 is 89.1 Å². The predicted octanol–water partition coefficient (Wildman–Crippen LogP) is 2.18. The normalized spacial score (nSPS) is 23.3. The number of aliphatic hydroxyl groups is 5. The second-order valence-corrected chi connectivity index (χ2v) is 13.8. The number of rotatable bonds is 7. The van der Waals surface area contributed by atoms with Crippen LogP contribution in [0.25, 0.3) is 45.4 Å². The van der Waals surface area contributed by atoms with Crippen LogP contribution in [0.2, 0.25) is 0 Å². The number of fused-ring (bicyclic) bond motifs is 1. The number of phenols is 7. The van der Waals surface area contributed by atoms with Crippen molar-refractivity contribution in [3.63, 3.8) is 0 Å². The van der Waals surface area contributed by atoms with Gasteiger partial charge in [-0.15, -0.1) is 0 Å². The molecule has 0 amide bonds. The van der Waals surface area contributed by atoms with Crippen LogP contribution in [0.3, 0.4) is 0 Å². The smallest absolute Gasteiger partial charge is 0.347 e. The van der Waals surface area contributed by atoms with Gasteiger partial charge in [-0.2, -0.15) is 0 Å². The largest absolute Gasteiger partial charge is 0.507 e. The molecule has 0 aliphatic carbocycles. The van der Waals surface area contributed by atoms with Crippen molar-refractivity contribution in [3.8, 4) is 63.1 Å². The van der Waals surface area contributed by atoms with E-state index in [0.29, 0.717) is 0 Å². The lowest BCUT2D eigenvalue weighted by molar-refractivity contribution is -0.277. The molecule has 0 radical (unpaired) electrons. The molecule has 0 spiro atoms. The van der Waals surface area contributed by atoms with Crippen LogP contribution in [0.1, 0.15) is 28.6 Å². The minimum atomic E-state index is -1.91. The number of ether oxygens (including phenoxy) is 3. The molecule has 302 valence electrons. The fraction of sp³-hybridized carbons (Fsp3) is 0.225. The lowest BCUT2D eigenvalue weighted by Gasteiger charge is -2.39. The molecule has 0 bridgehead atoms. The van der Waals surface area contributed by atoms with Gasteiger partial charge in [-0.3, -0.25) is 4.79 Å². The van der Waals surface area contributed by atoms with Crippen LogP contribution in [-0.2, 0) is 11.2 Å². The van der Waals surface area contributed by atoms with Gasteiger partial charge in [-0.1, -0.05) is 6.07 Å². The standard InChI is InChI=1S/C40H34O18/c41-13-30-33(51)34(52)35(53)40(56-30)58-39-20-10-17(54-28-8-16(42)9-29(31(20)28)55-37(39)15-6-25(47)32(50)26(48)7-15)2-3-18-22(44)12-23(45)19-11-27(49)36(57-38(18)19)14-1-4-21(43)24(46)5-14/h1-10,12,27,30,33-36,40-41,43-53H,11,13H2/p+1/b3-2+/t27?,30-,33-,34+,35-,36?,40+/m1/s1. The number of hydrogen-bond donors (Lipinski definition) is 12. The molecule has 2 unspecified atom stereocenters. The van der Waals surface area contributed by atoms with Gasteiger partial charge in [0.25, 0.3) is 0 Å². The highest BCUT2D eigenvalue weighted by molar-refractivity contribution is 6.10. The van der Waals surface area contributed by atoms with Crippen LogP contribution in [0, 0.1) is 0 Å². The Hall–Kier alpha value is -6.67. The molecule has 2 aromatic heterocycles. The summed E-state index contributed by atoms with van der Waals surface area (Å²) in [5.74, 6) is -4.71. The second-order valence-electron chi connectivity index (χ2n) is 13.8. The Kier molecular flexibility index (Phi) is 9.47. The van der Waals surface area contributed by atoms with E-state index in [4.69, 9.17) is 23.0 Å². The zero-order valence-electron chi connectivity index (χ0n) is 29.7. The van der Waals surface area contributed by atoms with E-state index in [-0.39, 0.29) is 84.8 Å². The molecular formula is C40H35O18+. The quantitative estimate of drug-likeness (QED) is 0.0813. The summed E-state index contributed by atoms with van der Waals surface area (Å²) in [5.41, 5.74) is -0.0559. The van der Waals surface area contributed by atoms with E-state index < -0.39 is 84.0 Å². The molecule has 0 saturated carbocycles. The van der Waals surface area contributed by atoms with Gasteiger partial charge in [0.15, 0.2) is 40.3 Å². The van der Waals surface area contributed by atoms with Gasteiger partial charge < -0.3 is 84.3 Å². The van der Waals surface area contributed by atoms with Crippen LogP contribution < -0.4 is 14.9 Å². The third kappa shape index (κ3) is 6.48. The van der Waals surface area contributed by atoms with E-state index in [2.05, 4.69) is 0 Å². The molecule has 8 rings (SSSR count). The minimum absolute atomic E-state index is 0.0105. The maximum absolute atomic E-state index is 11.1. The van der Waals surface area contributed by atoms with Crippen molar-refractivity contribution in [2.75, 3.05) is 6.61 Å². The van der Waals surface area contributed by atoms with Crippen molar-refractivity contribution in [2.24, 2.45) is 0 Å². The first-order valence-electron chi connectivity index (χ1n) is 17.5. The van der Waals surface area contributed by atoms with Gasteiger partial charge in [-0.05, 0) is 48.0 Å². The Balaban J connectivity index is 1.30. The molecule has 1 fully saturated rings. The predicted molar refractivity (Wildman–Crippen MR) is 197 cm³/mol. The van der Waals surface area contributed by atoms with Crippen molar-refractivity contribution in [1.29, 1.82) is 0 Å². The molecule has 2 aliphatic heterocycles. The Labute approximate surface area is 324 Å². The fourth-order valence-electron chi connectivity index (χ4n) is 7.11. The molecule has 4 heterocycles. The second kappa shape index (κ2) is 14.4. The Morgan fingerprint density at radius 1 is 0.724 bits per heavy atom. The number of aliphatic hydroxyl groups excluding tert-OH is 5. The third-order valence-electron chi connectivity index (χ3n) is 10.0. The van der Waals surface area contributed by atoms with E-state index in [9.17, 15) is 66.1 Å². The zero-order chi connectivity index (χ0) is 41.3. The lowest BCUT2D eigenvalue weighted by Crippen LogP contribution is -2.60. The van der Waals surface area contributed by atoms with Crippen molar-refractivity contribution in [3.05, 3.63) is 82.5 Å². The number of benzene rings is 4. The van der Waals surface area contributed by atoms with Crippen molar-refractivity contribution in [2.45, 2.75) is 49.3 Å². The van der Waals surface area contributed by atoms with Crippen LogP contribution in [-0.4, -0.2) is 109 Å². The van der Waals surface area contributed by atoms with Gasteiger partial charge in [0, 0.05) is 29.0 Å². The molecule has 2 aliphatic rings. The van der Waals surface area contributed by atoms with E-state index in [0.717, 1.165) is 18.2 Å². The van der Waals surface area contributed by atoms with Crippen LogP contribution in [0.15, 0.2) is 63.4 Å². The van der Waals surface area contributed by atoms with Gasteiger partial charge in [0.2, 0.25) is 6.29 Å². The third-order valence-corrected chi connectivity index (χ3v) is 10.0. The highest BCUT2D eigenvalue weighted by atomic mass is 16.7. The molecular weight excluding hydrogens is 768 g/mol.